The summed E-state index contributed by atoms with van der Waals surface area (Å²) in [4.78, 5) is 20.3. The number of unbranched alkanes of at least 4 members (excludes halogenated alkanes) is 4. The summed E-state index contributed by atoms with van der Waals surface area (Å²) in [6, 6.07) is 0. The van der Waals surface area contributed by atoms with Gasteiger partial charge in [-0.2, -0.15) is 0 Å². The molecule has 12 heteroatoms. The van der Waals surface area contributed by atoms with E-state index in [0.717, 1.165) is 12.8 Å². The zero-order valence-electron chi connectivity index (χ0n) is 15.6. The summed E-state index contributed by atoms with van der Waals surface area (Å²) in [6.45, 7) is 1.24. The van der Waals surface area contributed by atoms with Crippen molar-refractivity contribution in [2.45, 2.75) is 82.1 Å². The van der Waals surface area contributed by atoms with Crippen molar-refractivity contribution in [3.63, 3.8) is 0 Å². The molecular formula is C16H32O11Pd. The van der Waals surface area contributed by atoms with Crippen molar-refractivity contribution in [1.82, 2.24) is 0 Å². The van der Waals surface area contributed by atoms with Crippen LogP contribution in [0.3, 0.4) is 0 Å². The largest absolute Gasteiger partial charge is 0.481 e. The van der Waals surface area contributed by atoms with Crippen LogP contribution in [0.25, 0.3) is 0 Å². The number of carboxylic acids is 2. The SMILES string of the molecule is CCCCCCCC(=O)O.O=C(O)C(O)C(O)C(O)C(O)C(O)C(O)CO.[Pd]. The number of aliphatic hydroxyl groups excluding tert-OH is 7. The van der Waals surface area contributed by atoms with Crippen LogP contribution in [0.2, 0.25) is 0 Å². The number of rotatable bonds is 13. The van der Waals surface area contributed by atoms with Gasteiger partial charge < -0.3 is 46.0 Å². The smallest absolute Gasteiger partial charge is 0.335 e. The molecule has 0 bridgehead atoms. The number of carboxylic acid groups (broad SMARTS) is 2. The fourth-order valence-electron chi connectivity index (χ4n) is 1.95. The molecule has 0 aromatic carbocycles. The Morgan fingerprint density at radius 2 is 1.21 bits per heavy atom. The van der Waals surface area contributed by atoms with E-state index in [4.69, 9.17) is 35.7 Å². The van der Waals surface area contributed by atoms with Gasteiger partial charge >= 0.3 is 11.9 Å². The van der Waals surface area contributed by atoms with Gasteiger partial charge in [0.15, 0.2) is 6.10 Å². The Hall–Kier alpha value is -0.678. The normalized spacial score (nSPS) is 17.0. The van der Waals surface area contributed by atoms with Gasteiger partial charge in [-0.3, -0.25) is 4.79 Å². The Bertz CT molecular complexity index is 410. The molecular weight excluding hydrogens is 475 g/mol. The van der Waals surface area contributed by atoms with Crippen molar-refractivity contribution in [3.8, 4) is 0 Å². The van der Waals surface area contributed by atoms with Gasteiger partial charge in [0.25, 0.3) is 0 Å². The van der Waals surface area contributed by atoms with E-state index in [9.17, 15) is 19.8 Å². The molecule has 9 N–H and O–H groups in total. The molecule has 0 fully saturated rings. The standard InChI is InChI=1S/C8H16O9.C8H16O2.Pd/c9-1-2(10)3(11)4(12)5(13)6(14)7(15)8(16)17;1-2-3-4-5-6-7-8(9)10;/h2-7,9-15H,1H2,(H,16,17);2-7H2,1H3,(H,9,10);. The van der Waals surface area contributed by atoms with E-state index in [1.165, 1.54) is 19.3 Å². The van der Waals surface area contributed by atoms with Gasteiger partial charge in [0.05, 0.1) is 6.61 Å². The molecule has 0 aliphatic carbocycles. The molecule has 0 spiro atoms. The Kier molecular flexibility index (Phi) is 21.0. The van der Waals surface area contributed by atoms with Gasteiger partial charge in [0.2, 0.25) is 0 Å². The maximum atomic E-state index is 10.3. The number of carbonyl (C=O) groups is 2. The summed E-state index contributed by atoms with van der Waals surface area (Å²) in [5, 5.41) is 79.7. The first-order chi connectivity index (χ1) is 12.5. The predicted molar refractivity (Wildman–Crippen MR) is 91.8 cm³/mol. The van der Waals surface area contributed by atoms with E-state index in [-0.39, 0.29) is 20.4 Å². The van der Waals surface area contributed by atoms with Gasteiger partial charge in [0.1, 0.15) is 30.5 Å². The van der Waals surface area contributed by atoms with Crippen LogP contribution in [0.5, 0.6) is 0 Å². The van der Waals surface area contributed by atoms with Crippen LogP contribution in [-0.4, -0.2) is 101 Å². The Morgan fingerprint density at radius 1 is 0.750 bits per heavy atom. The molecule has 0 rings (SSSR count). The molecule has 0 aromatic heterocycles. The van der Waals surface area contributed by atoms with Crippen LogP contribution < -0.4 is 0 Å². The minimum Gasteiger partial charge on any atom is -0.481 e. The second kappa shape index (κ2) is 18.4. The fraction of sp³-hybridized carbons (Fsp3) is 0.875. The van der Waals surface area contributed by atoms with Crippen molar-refractivity contribution >= 4 is 11.9 Å². The fourth-order valence-corrected chi connectivity index (χ4v) is 1.95. The first-order valence-electron chi connectivity index (χ1n) is 8.65. The number of hydrogen-bond acceptors (Lipinski definition) is 9. The topological polar surface area (TPSA) is 216 Å². The molecule has 0 radical (unpaired) electrons. The van der Waals surface area contributed by atoms with E-state index in [0.29, 0.717) is 6.42 Å². The molecule has 28 heavy (non-hydrogen) atoms. The van der Waals surface area contributed by atoms with Gasteiger partial charge in [-0.05, 0) is 6.42 Å². The van der Waals surface area contributed by atoms with E-state index >= 15 is 0 Å². The molecule has 172 valence electrons. The minimum atomic E-state index is -2.36. The summed E-state index contributed by atoms with van der Waals surface area (Å²) in [5.41, 5.74) is 0. The number of aliphatic carboxylic acids is 2. The first kappa shape index (κ1) is 32.0. The molecule has 0 aromatic rings. The van der Waals surface area contributed by atoms with Gasteiger partial charge in [-0.1, -0.05) is 32.6 Å². The molecule has 0 aliphatic rings. The molecule has 0 aliphatic heterocycles. The quantitative estimate of drug-likeness (QED) is 0.0951. The van der Waals surface area contributed by atoms with Crippen LogP contribution >= 0.6 is 0 Å². The van der Waals surface area contributed by atoms with Crippen LogP contribution in [0.1, 0.15) is 45.4 Å². The van der Waals surface area contributed by atoms with Crippen LogP contribution in [0.15, 0.2) is 0 Å². The minimum absolute atomic E-state index is 0. The molecule has 6 unspecified atom stereocenters. The Morgan fingerprint density at radius 3 is 1.61 bits per heavy atom. The third-order valence-corrected chi connectivity index (χ3v) is 3.70. The Labute approximate surface area is 176 Å². The number of hydrogen-bond donors (Lipinski definition) is 9. The molecule has 0 saturated heterocycles. The van der Waals surface area contributed by atoms with Crippen molar-refractivity contribution in [2.75, 3.05) is 6.61 Å². The monoisotopic (exact) mass is 506 g/mol. The van der Waals surface area contributed by atoms with Gasteiger partial charge in [-0.15, -0.1) is 0 Å². The summed E-state index contributed by atoms with van der Waals surface area (Å²) >= 11 is 0. The van der Waals surface area contributed by atoms with Crippen molar-refractivity contribution in [2.24, 2.45) is 0 Å². The molecule has 0 heterocycles. The van der Waals surface area contributed by atoms with Crippen LogP contribution in [0, 0.1) is 0 Å². The van der Waals surface area contributed by atoms with Crippen molar-refractivity contribution < 1.29 is 76.0 Å². The van der Waals surface area contributed by atoms with Crippen LogP contribution in [0.4, 0.5) is 0 Å². The average Bonchev–Trinajstić information content (AvgIpc) is 2.64. The van der Waals surface area contributed by atoms with Crippen molar-refractivity contribution in [1.29, 1.82) is 0 Å². The van der Waals surface area contributed by atoms with Crippen LogP contribution in [-0.2, 0) is 30.0 Å². The number of aliphatic hydroxyl groups is 7. The van der Waals surface area contributed by atoms with E-state index in [2.05, 4.69) is 6.92 Å². The molecule has 0 amide bonds. The zero-order valence-corrected chi connectivity index (χ0v) is 17.1. The summed E-state index contributed by atoms with van der Waals surface area (Å²) in [6.07, 6.45) is -6.88. The summed E-state index contributed by atoms with van der Waals surface area (Å²) < 4.78 is 0. The summed E-state index contributed by atoms with van der Waals surface area (Å²) in [7, 11) is 0. The summed E-state index contributed by atoms with van der Waals surface area (Å²) in [5.74, 6) is -2.50. The zero-order chi connectivity index (χ0) is 21.6. The second-order valence-electron chi connectivity index (χ2n) is 6.05. The van der Waals surface area contributed by atoms with Gasteiger partial charge in [0, 0.05) is 26.8 Å². The van der Waals surface area contributed by atoms with E-state index in [1.807, 2.05) is 0 Å². The molecule has 0 saturated carbocycles. The third kappa shape index (κ3) is 14.3. The van der Waals surface area contributed by atoms with E-state index in [1.54, 1.807) is 0 Å². The average molecular weight is 507 g/mol. The predicted octanol–water partition coefficient (Wildman–Crippen LogP) is -2.34. The van der Waals surface area contributed by atoms with E-state index < -0.39 is 55.2 Å². The molecule has 11 nitrogen and oxygen atoms in total. The first-order valence-corrected chi connectivity index (χ1v) is 8.65. The van der Waals surface area contributed by atoms with Crippen molar-refractivity contribution in [3.05, 3.63) is 0 Å². The Balaban J connectivity index is -0.000000489. The van der Waals surface area contributed by atoms with Gasteiger partial charge in [-0.25, -0.2) is 4.79 Å². The molecule has 6 atom stereocenters. The third-order valence-electron chi connectivity index (χ3n) is 3.70. The maximum Gasteiger partial charge on any atom is 0.335 e. The maximum absolute atomic E-state index is 10.3. The second-order valence-corrected chi connectivity index (χ2v) is 6.05.